The first kappa shape index (κ1) is 14.1. The van der Waals surface area contributed by atoms with E-state index in [4.69, 9.17) is 0 Å². The fourth-order valence-electron chi connectivity index (χ4n) is 2.46. The molecule has 0 aromatic heterocycles. The van der Waals surface area contributed by atoms with E-state index in [2.05, 4.69) is 0 Å². The van der Waals surface area contributed by atoms with Crippen molar-refractivity contribution in [2.45, 2.75) is 0 Å². The van der Waals surface area contributed by atoms with E-state index in [9.17, 15) is 5.21 Å². The summed E-state index contributed by atoms with van der Waals surface area (Å²) in [6, 6.07) is 21.6. The van der Waals surface area contributed by atoms with E-state index in [-0.39, 0.29) is 0 Å². The van der Waals surface area contributed by atoms with Crippen LogP contribution in [0.2, 0.25) is 0 Å². The van der Waals surface area contributed by atoms with Crippen LogP contribution < -0.4 is 4.90 Å². The molecule has 0 aliphatic heterocycles. The van der Waals surface area contributed by atoms with Gasteiger partial charge in [0, 0.05) is 31.4 Å². The topological polar surface area (TPSA) is 29.3 Å². The lowest BCUT2D eigenvalue weighted by atomic mass is 10.1. The Morgan fingerprint density at radius 2 is 1.55 bits per heavy atom. The summed E-state index contributed by atoms with van der Waals surface area (Å²) in [5.74, 6) is 0. The Morgan fingerprint density at radius 1 is 0.864 bits per heavy atom. The van der Waals surface area contributed by atoms with Crippen molar-refractivity contribution in [3.05, 3.63) is 77.5 Å². The summed E-state index contributed by atoms with van der Waals surface area (Å²) in [5, 5.41) is 14.5. The summed E-state index contributed by atoms with van der Waals surface area (Å²) < 4.78 is 0.937. The van der Waals surface area contributed by atoms with Gasteiger partial charge in [-0.2, -0.15) is 4.74 Å². The molecule has 3 heteroatoms. The molecular weight excluding hydrogens is 272 g/mol. The van der Waals surface area contributed by atoms with Gasteiger partial charge in [0.1, 0.15) is 0 Å². The van der Waals surface area contributed by atoms with Gasteiger partial charge in [-0.3, -0.25) is 0 Å². The second kappa shape index (κ2) is 5.90. The molecule has 0 atom stereocenters. The van der Waals surface area contributed by atoms with Gasteiger partial charge < -0.3 is 10.1 Å². The first-order valence-corrected chi connectivity index (χ1v) is 7.21. The first-order valence-electron chi connectivity index (χ1n) is 7.21. The lowest BCUT2D eigenvalue weighted by Crippen LogP contribution is -2.08. The summed E-state index contributed by atoms with van der Waals surface area (Å²) >= 11 is 0. The second-order valence-corrected chi connectivity index (χ2v) is 5.44. The molecule has 3 aromatic rings. The zero-order valence-corrected chi connectivity index (χ0v) is 12.7. The zero-order valence-electron chi connectivity index (χ0n) is 12.7. The van der Waals surface area contributed by atoms with Crippen LogP contribution in [0.15, 0.2) is 66.7 Å². The van der Waals surface area contributed by atoms with E-state index < -0.39 is 0 Å². The number of hydrogen-bond acceptors (Lipinski definition) is 2. The van der Waals surface area contributed by atoms with Crippen LogP contribution >= 0.6 is 0 Å². The predicted molar refractivity (Wildman–Crippen MR) is 93.2 cm³/mol. The molecule has 110 valence electrons. The Bertz CT molecular complexity index is 815. The van der Waals surface area contributed by atoms with Crippen molar-refractivity contribution >= 4 is 28.4 Å². The summed E-state index contributed by atoms with van der Waals surface area (Å²) in [6.07, 6.45) is 1.61. The number of hydrogen-bond donors (Lipinski definition) is 0. The van der Waals surface area contributed by atoms with Crippen molar-refractivity contribution in [1.82, 2.24) is 0 Å². The van der Waals surface area contributed by atoms with E-state index >= 15 is 0 Å². The van der Waals surface area contributed by atoms with Gasteiger partial charge in [0.25, 0.3) is 0 Å². The molecule has 0 heterocycles. The highest BCUT2D eigenvalue weighted by Crippen LogP contribution is 2.25. The molecule has 0 aliphatic rings. The molecule has 3 rings (SSSR count). The average Bonchev–Trinajstić information content (AvgIpc) is 2.54. The van der Waals surface area contributed by atoms with E-state index in [0.717, 1.165) is 26.8 Å². The van der Waals surface area contributed by atoms with E-state index in [1.807, 2.05) is 85.7 Å². The minimum atomic E-state index is 0.662. The maximum atomic E-state index is 12.5. The first-order chi connectivity index (χ1) is 10.6. The molecule has 3 nitrogen and oxygen atoms in total. The highest BCUT2D eigenvalue weighted by Gasteiger charge is 2.07. The number of fused-ring (bicyclic) bond motifs is 1. The molecular formula is C19H18N2O. The Hall–Kier alpha value is -2.81. The van der Waals surface area contributed by atoms with Gasteiger partial charge in [0.2, 0.25) is 5.69 Å². The van der Waals surface area contributed by atoms with Gasteiger partial charge in [-0.25, -0.2) is 0 Å². The van der Waals surface area contributed by atoms with Crippen LogP contribution in [-0.2, 0) is 0 Å². The van der Waals surface area contributed by atoms with Crippen LogP contribution in [0.1, 0.15) is 5.56 Å². The quantitative estimate of drug-likeness (QED) is 0.313. The molecule has 0 saturated heterocycles. The summed E-state index contributed by atoms with van der Waals surface area (Å²) in [7, 11) is 3.99. The Balaban J connectivity index is 1.99. The van der Waals surface area contributed by atoms with E-state index in [0.29, 0.717) is 5.69 Å². The molecule has 22 heavy (non-hydrogen) atoms. The largest absolute Gasteiger partial charge is 0.618 e. The monoisotopic (exact) mass is 290 g/mol. The van der Waals surface area contributed by atoms with Crippen molar-refractivity contribution in [1.29, 1.82) is 0 Å². The second-order valence-electron chi connectivity index (χ2n) is 5.44. The normalized spacial score (nSPS) is 11.6. The summed E-state index contributed by atoms with van der Waals surface area (Å²) in [6.45, 7) is 0. The third kappa shape index (κ3) is 2.79. The minimum Gasteiger partial charge on any atom is -0.618 e. The Kier molecular flexibility index (Phi) is 3.79. The molecule has 0 radical (unpaired) electrons. The summed E-state index contributed by atoms with van der Waals surface area (Å²) in [5.41, 5.74) is 2.66. The SMILES string of the molecule is CN(C)c1ccc(C=[N+]([O-])c2cccc3ccccc23)cc1. The number of rotatable bonds is 3. The smallest absolute Gasteiger partial charge is 0.224 e. The molecule has 0 unspecified atom stereocenters. The fourth-order valence-corrected chi connectivity index (χ4v) is 2.46. The molecule has 0 spiro atoms. The van der Waals surface area contributed by atoms with Gasteiger partial charge in [-0.15, -0.1) is 0 Å². The average molecular weight is 290 g/mol. The Morgan fingerprint density at radius 3 is 2.27 bits per heavy atom. The van der Waals surface area contributed by atoms with Gasteiger partial charge >= 0.3 is 0 Å². The van der Waals surface area contributed by atoms with E-state index in [1.165, 1.54) is 0 Å². The molecule has 0 saturated carbocycles. The number of anilines is 1. The standard InChI is InChI=1S/C19H18N2O/c1-20(2)17-12-10-15(11-13-17)14-21(22)19-9-5-7-16-6-3-4-8-18(16)19/h3-14H,1-2H3. The van der Waals surface area contributed by atoms with Crippen LogP contribution in [-0.4, -0.2) is 25.0 Å². The number of benzene rings is 3. The third-order valence-corrected chi connectivity index (χ3v) is 3.68. The summed E-state index contributed by atoms with van der Waals surface area (Å²) in [4.78, 5) is 2.03. The van der Waals surface area contributed by atoms with Crippen molar-refractivity contribution < 1.29 is 4.74 Å². The van der Waals surface area contributed by atoms with E-state index in [1.54, 1.807) is 6.21 Å². The van der Waals surface area contributed by atoms with Crippen molar-refractivity contribution in [2.75, 3.05) is 19.0 Å². The van der Waals surface area contributed by atoms with Crippen LogP contribution in [0.4, 0.5) is 11.4 Å². The van der Waals surface area contributed by atoms with Gasteiger partial charge in [-0.1, -0.05) is 30.3 Å². The lowest BCUT2D eigenvalue weighted by molar-refractivity contribution is -0.352. The maximum Gasteiger partial charge on any atom is 0.224 e. The maximum absolute atomic E-state index is 12.5. The van der Waals surface area contributed by atoms with Crippen molar-refractivity contribution in [2.24, 2.45) is 0 Å². The molecule has 3 aromatic carbocycles. The lowest BCUT2D eigenvalue weighted by Gasteiger charge is -2.11. The van der Waals surface area contributed by atoms with Crippen LogP contribution in [0, 0.1) is 5.21 Å². The van der Waals surface area contributed by atoms with Gasteiger partial charge in [-0.05, 0) is 35.7 Å². The molecule has 0 fully saturated rings. The molecule has 0 amide bonds. The predicted octanol–water partition coefficient (Wildman–Crippen LogP) is 4.17. The molecule has 0 bridgehead atoms. The van der Waals surface area contributed by atoms with Crippen LogP contribution in [0.3, 0.4) is 0 Å². The van der Waals surface area contributed by atoms with Crippen molar-refractivity contribution in [3.8, 4) is 0 Å². The van der Waals surface area contributed by atoms with Crippen LogP contribution in [0.25, 0.3) is 10.8 Å². The molecule has 0 aliphatic carbocycles. The highest BCUT2D eigenvalue weighted by atomic mass is 16.5. The van der Waals surface area contributed by atoms with Gasteiger partial charge in [0.15, 0.2) is 6.21 Å². The highest BCUT2D eigenvalue weighted by molar-refractivity contribution is 5.91. The molecule has 0 N–H and O–H groups in total. The fraction of sp³-hybridized carbons (Fsp3) is 0.105. The minimum absolute atomic E-state index is 0.662. The van der Waals surface area contributed by atoms with Gasteiger partial charge in [0.05, 0.1) is 5.39 Å². The number of nitrogens with zero attached hydrogens (tertiary/aromatic N) is 2. The zero-order chi connectivity index (χ0) is 15.5. The van der Waals surface area contributed by atoms with Crippen LogP contribution in [0.5, 0.6) is 0 Å². The Labute approximate surface area is 130 Å². The third-order valence-electron chi connectivity index (χ3n) is 3.68. The van der Waals surface area contributed by atoms with Crippen molar-refractivity contribution in [3.63, 3.8) is 0 Å².